The van der Waals surface area contributed by atoms with Gasteiger partial charge in [0.25, 0.3) is 0 Å². The summed E-state index contributed by atoms with van der Waals surface area (Å²) in [4.78, 5) is 10.9. The lowest BCUT2D eigenvalue weighted by molar-refractivity contribution is 0.394. The van der Waals surface area contributed by atoms with E-state index in [4.69, 9.17) is 9.47 Å². The quantitative estimate of drug-likeness (QED) is 0.911. The summed E-state index contributed by atoms with van der Waals surface area (Å²) in [6.45, 7) is 3.93. The van der Waals surface area contributed by atoms with Gasteiger partial charge < -0.3 is 19.7 Å². The molecule has 24 heavy (non-hydrogen) atoms. The van der Waals surface area contributed by atoms with Crippen molar-refractivity contribution in [3.63, 3.8) is 0 Å². The largest absolute Gasteiger partial charge is 0.497 e. The van der Waals surface area contributed by atoms with Crippen molar-refractivity contribution in [2.24, 2.45) is 0 Å². The SMILES string of the molecule is COc1cc(N[C@@H]2CCCN(c3cc(C)ncn3)C2)cc(OC)c1. The van der Waals surface area contributed by atoms with Gasteiger partial charge in [-0.3, -0.25) is 0 Å². The third kappa shape index (κ3) is 3.88. The summed E-state index contributed by atoms with van der Waals surface area (Å²) in [5.74, 6) is 2.57. The van der Waals surface area contributed by atoms with Crippen molar-refractivity contribution < 1.29 is 9.47 Å². The van der Waals surface area contributed by atoms with Crippen LogP contribution in [0.1, 0.15) is 18.5 Å². The molecule has 0 unspecified atom stereocenters. The molecule has 6 nitrogen and oxygen atoms in total. The molecule has 0 radical (unpaired) electrons. The number of ether oxygens (including phenoxy) is 2. The fraction of sp³-hybridized carbons (Fsp3) is 0.444. The third-order valence-corrected chi connectivity index (χ3v) is 4.26. The molecule has 0 spiro atoms. The van der Waals surface area contributed by atoms with Crippen LogP contribution in [0.15, 0.2) is 30.6 Å². The Kier molecular flexibility index (Phi) is 5.03. The number of aryl methyl sites for hydroxylation is 1. The molecule has 1 aromatic heterocycles. The summed E-state index contributed by atoms with van der Waals surface area (Å²) in [5.41, 5.74) is 2.00. The highest BCUT2D eigenvalue weighted by Crippen LogP contribution is 2.28. The van der Waals surface area contributed by atoms with E-state index in [2.05, 4.69) is 20.2 Å². The highest BCUT2D eigenvalue weighted by Gasteiger charge is 2.21. The van der Waals surface area contributed by atoms with E-state index < -0.39 is 0 Å². The normalized spacial score (nSPS) is 17.5. The number of nitrogens with zero attached hydrogens (tertiary/aromatic N) is 3. The number of rotatable bonds is 5. The van der Waals surface area contributed by atoms with Gasteiger partial charge in [-0.2, -0.15) is 0 Å². The fourth-order valence-electron chi connectivity index (χ4n) is 3.04. The van der Waals surface area contributed by atoms with Crippen LogP contribution in [-0.2, 0) is 0 Å². The maximum atomic E-state index is 5.34. The average Bonchev–Trinajstić information content (AvgIpc) is 2.61. The first-order valence-electron chi connectivity index (χ1n) is 8.21. The number of benzene rings is 1. The van der Waals surface area contributed by atoms with Gasteiger partial charge in [-0.05, 0) is 19.8 Å². The minimum absolute atomic E-state index is 0.353. The van der Waals surface area contributed by atoms with E-state index in [1.54, 1.807) is 20.5 Å². The molecular weight excluding hydrogens is 304 g/mol. The Hall–Kier alpha value is -2.50. The molecule has 128 valence electrons. The van der Waals surface area contributed by atoms with E-state index >= 15 is 0 Å². The monoisotopic (exact) mass is 328 g/mol. The minimum atomic E-state index is 0.353. The first-order valence-corrected chi connectivity index (χ1v) is 8.21. The van der Waals surface area contributed by atoms with Gasteiger partial charge in [0.15, 0.2) is 0 Å². The number of hydrogen-bond donors (Lipinski definition) is 1. The summed E-state index contributed by atoms with van der Waals surface area (Å²) < 4.78 is 10.7. The summed E-state index contributed by atoms with van der Waals surface area (Å²) in [7, 11) is 3.33. The Morgan fingerprint density at radius 2 is 1.83 bits per heavy atom. The van der Waals surface area contributed by atoms with E-state index in [1.807, 2.05) is 31.2 Å². The van der Waals surface area contributed by atoms with Crippen molar-refractivity contribution in [3.05, 3.63) is 36.3 Å². The van der Waals surface area contributed by atoms with Gasteiger partial charge in [0.05, 0.1) is 14.2 Å². The van der Waals surface area contributed by atoms with Crippen LogP contribution in [0, 0.1) is 6.92 Å². The standard InChI is InChI=1S/C18H24N4O2/c1-13-7-18(20-12-19-13)22-6-4-5-14(11-22)21-15-8-16(23-2)10-17(9-15)24-3/h7-10,12,14,21H,4-6,11H2,1-3H3/t14-/m1/s1. The molecule has 1 saturated heterocycles. The van der Waals surface area contributed by atoms with Crippen LogP contribution < -0.4 is 19.7 Å². The van der Waals surface area contributed by atoms with Crippen molar-refractivity contribution in [2.45, 2.75) is 25.8 Å². The minimum Gasteiger partial charge on any atom is -0.497 e. The van der Waals surface area contributed by atoms with Crippen LogP contribution in [0.2, 0.25) is 0 Å². The zero-order valence-electron chi connectivity index (χ0n) is 14.5. The first-order chi connectivity index (χ1) is 11.7. The van der Waals surface area contributed by atoms with Crippen molar-refractivity contribution in [2.75, 3.05) is 37.5 Å². The number of piperidine rings is 1. The lowest BCUT2D eigenvalue weighted by Gasteiger charge is -2.34. The van der Waals surface area contributed by atoms with Crippen LogP contribution in [0.3, 0.4) is 0 Å². The smallest absolute Gasteiger partial charge is 0.132 e. The molecular formula is C18H24N4O2. The van der Waals surface area contributed by atoms with E-state index in [1.165, 1.54) is 0 Å². The zero-order chi connectivity index (χ0) is 16.9. The predicted octanol–water partition coefficient (Wildman–Crippen LogP) is 2.88. The Balaban J connectivity index is 1.71. The van der Waals surface area contributed by atoms with Gasteiger partial charge in [-0.15, -0.1) is 0 Å². The number of aromatic nitrogens is 2. The zero-order valence-corrected chi connectivity index (χ0v) is 14.5. The lowest BCUT2D eigenvalue weighted by atomic mass is 10.1. The molecule has 1 fully saturated rings. The molecule has 2 aromatic rings. The average molecular weight is 328 g/mol. The summed E-state index contributed by atoms with van der Waals surface area (Å²) in [6.07, 6.45) is 3.89. The Morgan fingerprint density at radius 3 is 2.50 bits per heavy atom. The number of hydrogen-bond acceptors (Lipinski definition) is 6. The van der Waals surface area contributed by atoms with Crippen molar-refractivity contribution in [1.82, 2.24) is 9.97 Å². The van der Waals surface area contributed by atoms with Crippen molar-refractivity contribution in [1.29, 1.82) is 0 Å². The molecule has 1 N–H and O–H groups in total. The van der Waals surface area contributed by atoms with Crippen molar-refractivity contribution in [3.8, 4) is 11.5 Å². The van der Waals surface area contributed by atoms with E-state index in [0.717, 1.165) is 54.6 Å². The van der Waals surface area contributed by atoms with Crippen LogP contribution >= 0.6 is 0 Å². The third-order valence-electron chi connectivity index (χ3n) is 4.26. The van der Waals surface area contributed by atoms with E-state index in [9.17, 15) is 0 Å². The van der Waals surface area contributed by atoms with Gasteiger partial charge in [-0.25, -0.2) is 9.97 Å². The number of nitrogens with one attached hydrogen (secondary N) is 1. The topological polar surface area (TPSA) is 59.5 Å². The van der Waals surface area contributed by atoms with Crippen molar-refractivity contribution >= 4 is 11.5 Å². The van der Waals surface area contributed by atoms with Gasteiger partial charge in [0.1, 0.15) is 23.6 Å². The maximum Gasteiger partial charge on any atom is 0.132 e. The molecule has 0 bridgehead atoms. The Labute approximate surface area is 142 Å². The van der Waals surface area contributed by atoms with Crippen LogP contribution in [0.25, 0.3) is 0 Å². The second kappa shape index (κ2) is 7.38. The van der Waals surface area contributed by atoms with Gasteiger partial charge >= 0.3 is 0 Å². The summed E-state index contributed by atoms with van der Waals surface area (Å²) in [5, 5.41) is 3.60. The highest BCUT2D eigenvalue weighted by molar-refractivity contribution is 5.55. The molecule has 2 heterocycles. The van der Waals surface area contributed by atoms with Crippen LogP contribution in [-0.4, -0.2) is 43.3 Å². The molecule has 1 aromatic carbocycles. The molecule has 0 amide bonds. The summed E-state index contributed by atoms with van der Waals surface area (Å²) in [6, 6.07) is 8.26. The second-order valence-corrected chi connectivity index (χ2v) is 6.05. The Bertz CT molecular complexity index is 670. The first kappa shape index (κ1) is 16.4. The molecule has 6 heteroatoms. The van der Waals surface area contributed by atoms with E-state index in [-0.39, 0.29) is 0 Å². The van der Waals surface area contributed by atoms with Crippen LogP contribution in [0.4, 0.5) is 11.5 Å². The second-order valence-electron chi connectivity index (χ2n) is 6.05. The number of anilines is 2. The number of methoxy groups -OCH3 is 2. The fourth-order valence-corrected chi connectivity index (χ4v) is 3.04. The molecule has 1 aliphatic rings. The maximum absolute atomic E-state index is 5.34. The van der Waals surface area contributed by atoms with Gasteiger partial charge in [-0.1, -0.05) is 0 Å². The summed E-state index contributed by atoms with van der Waals surface area (Å²) >= 11 is 0. The van der Waals surface area contributed by atoms with Gasteiger partial charge in [0, 0.05) is 54.8 Å². The van der Waals surface area contributed by atoms with Crippen LogP contribution in [0.5, 0.6) is 11.5 Å². The van der Waals surface area contributed by atoms with E-state index in [0.29, 0.717) is 6.04 Å². The predicted molar refractivity (Wildman–Crippen MR) is 95.2 cm³/mol. The highest BCUT2D eigenvalue weighted by atomic mass is 16.5. The molecule has 1 aliphatic heterocycles. The lowest BCUT2D eigenvalue weighted by Crippen LogP contribution is -2.42. The molecule has 0 saturated carbocycles. The molecule has 1 atom stereocenters. The molecule has 3 rings (SSSR count). The van der Waals surface area contributed by atoms with Gasteiger partial charge in [0.2, 0.25) is 0 Å². The Morgan fingerprint density at radius 1 is 1.08 bits per heavy atom. The molecule has 0 aliphatic carbocycles.